The summed E-state index contributed by atoms with van der Waals surface area (Å²) in [7, 11) is 0. The van der Waals surface area contributed by atoms with Crippen molar-refractivity contribution in [3.05, 3.63) is 58.9 Å². The van der Waals surface area contributed by atoms with Gasteiger partial charge < -0.3 is 10.4 Å². The number of carboxylic acids is 1. The second-order valence-electron chi connectivity index (χ2n) is 3.73. The molecule has 2 rings (SSSR count). The zero-order chi connectivity index (χ0) is 13.8. The van der Waals surface area contributed by atoms with E-state index in [1.165, 1.54) is 24.5 Å². The molecule has 0 fully saturated rings. The zero-order valence-corrected chi connectivity index (χ0v) is 10.4. The molecule has 1 aromatic carbocycles. The number of amides is 1. The highest BCUT2D eigenvalue weighted by atomic mass is 35.5. The molecule has 0 spiro atoms. The van der Waals surface area contributed by atoms with Crippen molar-refractivity contribution in [2.45, 2.75) is 0 Å². The summed E-state index contributed by atoms with van der Waals surface area (Å²) in [5, 5.41) is 11.8. The first-order chi connectivity index (χ1) is 9.06. The van der Waals surface area contributed by atoms with Gasteiger partial charge in [0.15, 0.2) is 0 Å². The van der Waals surface area contributed by atoms with Crippen LogP contribution >= 0.6 is 11.6 Å². The first kappa shape index (κ1) is 13.0. The molecule has 0 bridgehead atoms. The molecular weight excluding hydrogens is 268 g/mol. The molecule has 1 amide bonds. The molecule has 5 nitrogen and oxygen atoms in total. The molecule has 0 saturated heterocycles. The zero-order valence-electron chi connectivity index (χ0n) is 9.63. The van der Waals surface area contributed by atoms with Gasteiger partial charge >= 0.3 is 5.97 Å². The molecule has 0 unspecified atom stereocenters. The van der Waals surface area contributed by atoms with Gasteiger partial charge in [-0.2, -0.15) is 0 Å². The Hall–Kier alpha value is -2.40. The monoisotopic (exact) mass is 276 g/mol. The standard InChI is InChI=1S/C13H9ClN2O3/c14-10-3-1-2-8(4-10)12(17)16-11-5-9(13(18)19)6-15-7-11/h1-7H,(H,16,17)(H,18,19). The minimum Gasteiger partial charge on any atom is -0.478 e. The lowest BCUT2D eigenvalue weighted by Gasteiger charge is -2.05. The lowest BCUT2D eigenvalue weighted by atomic mass is 10.2. The number of carbonyl (C=O) groups excluding carboxylic acids is 1. The van der Waals surface area contributed by atoms with Crippen molar-refractivity contribution in [3.8, 4) is 0 Å². The van der Waals surface area contributed by atoms with Gasteiger partial charge in [0.2, 0.25) is 0 Å². The second kappa shape index (κ2) is 5.49. The van der Waals surface area contributed by atoms with Gasteiger partial charge in [0.05, 0.1) is 17.4 Å². The minimum atomic E-state index is -1.11. The van der Waals surface area contributed by atoms with E-state index in [4.69, 9.17) is 16.7 Å². The van der Waals surface area contributed by atoms with E-state index in [9.17, 15) is 9.59 Å². The van der Waals surface area contributed by atoms with Gasteiger partial charge in [-0.15, -0.1) is 0 Å². The van der Waals surface area contributed by atoms with Gasteiger partial charge in [-0.25, -0.2) is 4.79 Å². The number of benzene rings is 1. The summed E-state index contributed by atoms with van der Waals surface area (Å²) in [5.41, 5.74) is 0.696. The normalized spacial score (nSPS) is 9.95. The molecule has 0 aliphatic carbocycles. The Morgan fingerprint density at radius 1 is 1.16 bits per heavy atom. The number of nitrogens with one attached hydrogen (secondary N) is 1. The third-order valence-corrected chi connectivity index (χ3v) is 2.56. The number of rotatable bonds is 3. The summed E-state index contributed by atoms with van der Waals surface area (Å²) < 4.78 is 0. The van der Waals surface area contributed by atoms with E-state index in [-0.39, 0.29) is 11.5 Å². The van der Waals surface area contributed by atoms with Crippen molar-refractivity contribution in [3.63, 3.8) is 0 Å². The highest BCUT2D eigenvalue weighted by Gasteiger charge is 2.09. The number of aromatic nitrogens is 1. The van der Waals surface area contributed by atoms with Crippen LogP contribution in [0.25, 0.3) is 0 Å². The van der Waals surface area contributed by atoms with Crippen LogP contribution in [0.4, 0.5) is 5.69 Å². The molecule has 0 atom stereocenters. The van der Waals surface area contributed by atoms with E-state index in [1.54, 1.807) is 18.2 Å². The number of carbonyl (C=O) groups is 2. The third-order valence-electron chi connectivity index (χ3n) is 2.33. The largest absolute Gasteiger partial charge is 0.478 e. The van der Waals surface area contributed by atoms with Gasteiger partial charge in [0.1, 0.15) is 0 Å². The molecule has 2 aromatic rings. The number of aromatic carboxylic acids is 1. The summed E-state index contributed by atoms with van der Waals surface area (Å²) in [5.74, 6) is -1.49. The first-order valence-electron chi connectivity index (χ1n) is 5.31. The van der Waals surface area contributed by atoms with E-state index >= 15 is 0 Å². The Labute approximate surface area is 113 Å². The SMILES string of the molecule is O=C(O)c1cncc(NC(=O)c2cccc(Cl)c2)c1. The predicted molar refractivity (Wildman–Crippen MR) is 70.6 cm³/mol. The maximum absolute atomic E-state index is 11.9. The van der Waals surface area contributed by atoms with Gasteiger partial charge in [0.25, 0.3) is 5.91 Å². The highest BCUT2D eigenvalue weighted by molar-refractivity contribution is 6.31. The molecule has 1 heterocycles. The predicted octanol–water partition coefficient (Wildman–Crippen LogP) is 2.69. The molecule has 96 valence electrons. The molecule has 0 aliphatic rings. The fraction of sp³-hybridized carbons (Fsp3) is 0. The minimum absolute atomic E-state index is 0.00361. The van der Waals surface area contributed by atoms with Crippen LogP contribution in [-0.4, -0.2) is 22.0 Å². The molecule has 0 aliphatic heterocycles. The van der Waals surface area contributed by atoms with Crippen LogP contribution in [-0.2, 0) is 0 Å². The van der Waals surface area contributed by atoms with Gasteiger partial charge in [0, 0.05) is 16.8 Å². The average molecular weight is 277 g/mol. The molecule has 2 N–H and O–H groups in total. The van der Waals surface area contributed by atoms with Crippen molar-refractivity contribution in [1.29, 1.82) is 0 Å². The van der Waals surface area contributed by atoms with E-state index in [1.807, 2.05) is 0 Å². The van der Waals surface area contributed by atoms with Crippen LogP contribution in [0.2, 0.25) is 5.02 Å². The fourth-order valence-corrected chi connectivity index (χ4v) is 1.65. The number of pyridine rings is 1. The Morgan fingerprint density at radius 2 is 1.95 bits per heavy atom. The summed E-state index contributed by atoms with van der Waals surface area (Å²) in [6.07, 6.45) is 2.58. The van der Waals surface area contributed by atoms with Crippen molar-refractivity contribution >= 4 is 29.2 Å². The topological polar surface area (TPSA) is 79.3 Å². The maximum atomic E-state index is 11.9. The molecule has 19 heavy (non-hydrogen) atoms. The van der Waals surface area contributed by atoms with Crippen LogP contribution in [0, 0.1) is 0 Å². The third kappa shape index (κ3) is 3.29. The molecular formula is C13H9ClN2O3. The number of hydrogen-bond donors (Lipinski definition) is 2. The first-order valence-corrected chi connectivity index (χ1v) is 5.69. The molecule has 0 saturated carbocycles. The lowest BCUT2D eigenvalue weighted by Crippen LogP contribution is -2.12. The van der Waals surface area contributed by atoms with Crippen LogP contribution in [0.15, 0.2) is 42.7 Å². The summed E-state index contributed by atoms with van der Waals surface area (Å²) >= 11 is 5.79. The van der Waals surface area contributed by atoms with Gasteiger partial charge in [-0.1, -0.05) is 17.7 Å². The van der Waals surface area contributed by atoms with E-state index in [2.05, 4.69) is 10.3 Å². The number of carboxylic acid groups (broad SMARTS) is 1. The van der Waals surface area contributed by atoms with Crippen molar-refractivity contribution in [1.82, 2.24) is 4.98 Å². The molecule has 1 aromatic heterocycles. The Bertz CT molecular complexity index is 643. The summed E-state index contributed by atoms with van der Waals surface area (Å²) in [6.45, 7) is 0. The van der Waals surface area contributed by atoms with Crippen LogP contribution < -0.4 is 5.32 Å². The Morgan fingerprint density at radius 3 is 2.63 bits per heavy atom. The van der Waals surface area contributed by atoms with Crippen molar-refractivity contribution in [2.75, 3.05) is 5.32 Å². The van der Waals surface area contributed by atoms with Crippen LogP contribution in [0.3, 0.4) is 0 Å². The molecule has 0 radical (unpaired) electrons. The van der Waals surface area contributed by atoms with Crippen LogP contribution in [0.5, 0.6) is 0 Å². The average Bonchev–Trinajstić information content (AvgIpc) is 2.39. The lowest BCUT2D eigenvalue weighted by molar-refractivity contribution is 0.0696. The van der Waals surface area contributed by atoms with Gasteiger partial charge in [-0.3, -0.25) is 9.78 Å². The smallest absolute Gasteiger partial charge is 0.337 e. The highest BCUT2D eigenvalue weighted by Crippen LogP contribution is 2.14. The number of hydrogen-bond acceptors (Lipinski definition) is 3. The Balaban J connectivity index is 2.19. The summed E-state index contributed by atoms with van der Waals surface area (Å²) in [4.78, 5) is 26.4. The van der Waals surface area contributed by atoms with E-state index < -0.39 is 5.97 Å². The number of anilines is 1. The van der Waals surface area contributed by atoms with Crippen molar-refractivity contribution < 1.29 is 14.7 Å². The van der Waals surface area contributed by atoms with Crippen molar-refractivity contribution in [2.24, 2.45) is 0 Å². The van der Waals surface area contributed by atoms with Crippen LogP contribution in [0.1, 0.15) is 20.7 Å². The summed E-state index contributed by atoms with van der Waals surface area (Å²) in [6, 6.07) is 7.77. The Kier molecular flexibility index (Phi) is 3.77. The van der Waals surface area contributed by atoms with E-state index in [0.717, 1.165) is 0 Å². The molecule has 6 heteroatoms. The van der Waals surface area contributed by atoms with Gasteiger partial charge in [-0.05, 0) is 24.3 Å². The maximum Gasteiger partial charge on any atom is 0.337 e. The fourth-order valence-electron chi connectivity index (χ4n) is 1.46. The van der Waals surface area contributed by atoms with E-state index in [0.29, 0.717) is 16.3 Å². The number of halogens is 1. The quantitative estimate of drug-likeness (QED) is 0.903. The second-order valence-corrected chi connectivity index (χ2v) is 4.17. The number of nitrogens with zero attached hydrogens (tertiary/aromatic N) is 1.